The van der Waals surface area contributed by atoms with Crippen molar-refractivity contribution < 1.29 is 4.74 Å². The maximum Gasteiger partial charge on any atom is 0.122 e. The lowest BCUT2D eigenvalue weighted by Gasteiger charge is -2.10. The lowest BCUT2D eigenvalue weighted by Crippen LogP contribution is -1.96. The minimum atomic E-state index is 0.528. The maximum atomic E-state index is 5.80. The summed E-state index contributed by atoms with van der Waals surface area (Å²) in [6.45, 7) is 2.59. The van der Waals surface area contributed by atoms with Gasteiger partial charge >= 0.3 is 0 Å². The lowest BCUT2D eigenvalue weighted by atomic mass is 10.2. The number of hydrogen-bond donors (Lipinski definition) is 0. The predicted molar refractivity (Wildman–Crippen MR) is 92.8 cm³/mol. The van der Waals surface area contributed by atoms with Gasteiger partial charge in [0, 0.05) is 17.9 Å². The van der Waals surface area contributed by atoms with Crippen LogP contribution >= 0.6 is 63.7 Å². The molecule has 2 rings (SSSR count). The Kier molecular flexibility index (Phi) is 5.52. The van der Waals surface area contributed by atoms with Crippen LogP contribution in [0, 0.1) is 6.92 Å². The summed E-state index contributed by atoms with van der Waals surface area (Å²) in [6, 6.07) is 10.0. The van der Waals surface area contributed by atoms with Gasteiger partial charge in [-0.3, -0.25) is 0 Å². The molecule has 5 heteroatoms. The monoisotopic (exact) mass is 510 g/mol. The Morgan fingerprint density at radius 2 is 1.37 bits per heavy atom. The third-order valence-electron chi connectivity index (χ3n) is 2.58. The Balaban J connectivity index is 2.14. The molecule has 19 heavy (non-hydrogen) atoms. The van der Waals surface area contributed by atoms with Gasteiger partial charge in [-0.05, 0) is 48.4 Å². The Bertz CT molecular complexity index is 567. The van der Waals surface area contributed by atoms with Gasteiger partial charge in [0.1, 0.15) is 12.4 Å². The van der Waals surface area contributed by atoms with Crippen LogP contribution in [0.2, 0.25) is 0 Å². The fourth-order valence-electron chi connectivity index (χ4n) is 1.56. The molecule has 100 valence electrons. The number of rotatable bonds is 3. The molecule has 0 saturated heterocycles. The van der Waals surface area contributed by atoms with Crippen LogP contribution in [0.1, 0.15) is 11.1 Å². The highest BCUT2D eigenvalue weighted by Gasteiger charge is 2.05. The molecule has 0 amide bonds. The van der Waals surface area contributed by atoms with Crippen molar-refractivity contribution in [1.82, 2.24) is 0 Å². The molecule has 0 spiro atoms. The molecule has 0 aliphatic carbocycles. The Morgan fingerprint density at radius 1 is 0.842 bits per heavy atom. The molecule has 0 atom stereocenters. The molecule has 2 aromatic carbocycles. The molecular formula is C14H10Br4O. The zero-order valence-electron chi connectivity index (χ0n) is 10.0. The third kappa shape index (κ3) is 4.31. The van der Waals surface area contributed by atoms with Crippen molar-refractivity contribution in [3.63, 3.8) is 0 Å². The first-order chi connectivity index (χ1) is 8.95. The number of hydrogen-bond acceptors (Lipinski definition) is 1. The van der Waals surface area contributed by atoms with E-state index in [9.17, 15) is 0 Å². The average molecular weight is 514 g/mol. The Labute approximate surface area is 146 Å². The van der Waals surface area contributed by atoms with Crippen molar-refractivity contribution in [3.8, 4) is 5.75 Å². The van der Waals surface area contributed by atoms with Crippen molar-refractivity contribution in [2.24, 2.45) is 0 Å². The van der Waals surface area contributed by atoms with Crippen LogP contribution in [0.3, 0.4) is 0 Å². The smallest absolute Gasteiger partial charge is 0.122 e. The van der Waals surface area contributed by atoms with Crippen molar-refractivity contribution in [1.29, 1.82) is 0 Å². The van der Waals surface area contributed by atoms with Gasteiger partial charge in [0.25, 0.3) is 0 Å². The molecular weight excluding hydrogens is 504 g/mol. The zero-order valence-corrected chi connectivity index (χ0v) is 16.4. The summed E-state index contributed by atoms with van der Waals surface area (Å²) in [5.41, 5.74) is 2.30. The zero-order chi connectivity index (χ0) is 14.0. The molecule has 0 aliphatic rings. The SMILES string of the molecule is Cc1c(Br)cc(COc2cc(Br)cc(Br)c2)cc1Br. The molecule has 0 radical (unpaired) electrons. The van der Waals surface area contributed by atoms with Gasteiger partial charge in [0.2, 0.25) is 0 Å². The van der Waals surface area contributed by atoms with Crippen LogP contribution in [0.25, 0.3) is 0 Å². The van der Waals surface area contributed by atoms with Gasteiger partial charge in [0.15, 0.2) is 0 Å². The topological polar surface area (TPSA) is 9.23 Å². The number of benzene rings is 2. The summed E-state index contributed by atoms with van der Waals surface area (Å²) in [6.07, 6.45) is 0. The highest BCUT2D eigenvalue weighted by molar-refractivity contribution is 9.11. The van der Waals surface area contributed by atoms with Gasteiger partial charge in [-0.15, -0.1) is 0 Å². The molecule has 0 heterocycles. The van der Waals surface area contributed by atoms with Crippen LogP contribution < -0.4 is 4.74 Å². The van der Waals surface area contributed by atoms with E-state index >= 15 is 0 Å². The van der Waals surface area contributed by atoms with E-state index in [1.807, 2.05) is 18.2 Å². The van der Waals surface area contributed by atoms with Crippen molar-refractivity contribution in [2.45, 2.75) is 13.5 Å². The normalized spacial score (nSPS) is 10.6. The van der Waals surface area contributed by atoms with E-state index in [1.54, 1.807) is 0 Å². The van der Waals surface area contributed by atoms with Crippen LogP contribution in [-0.2, 0) is 6.61 Å². The first kappa shape index (κ1) is 15.5. The van der Waals surface area contributed by atoms with Gasteiger partial charge in [0.05, 0.1) is 0 Å². The summed E-state index contributed by atoms with van der Waals surface area (Å²) < 4.78 is 9.94. The van der Waals surface area contributed by atoms with Gasteiger partial charge in [-0.1, -0.05) is 63.7 Å². The van der Waals surface area contributed by atoms with E-state index in [0.717, 1.165) is 29.2 Å². The highest BCUT2D eigenvalue weighted by Crippen LogP contribution is 2.28. The van der Waals surface area contributed by atoms with E-state index in [0.29, 0.717) is 6.61 Å². The van der Waals surface area contributed by atoms with Gasteiger partial charge in [-0.25, -0.2) is 0 Å². The molecule has 0 aromatic heterocycles. The summed E-state index contributed by atoms with van der Waals surface area (Å²) in [5.74, 6) is 0.828. The van der Waals surface area contributed by atoms with E-state index < -0.39 is 0 Å². The minimum Gasteiger partial charge on any atom is -0.489 e. The third-order valence-corrected chi connectivity index (χ3v) is 5.15. The predicted octanol–water partition coefficient (Wildman–Crippen LogP) is 6.62. The van der Waals surface area contributed by atoms with Crippen molar-refractivity contribution in [3.05, 3.63) is 59.3 Å². The molecule has 0 bridgehead atoms. The molecule has 0 N–H and O–H groups in total. The Morgan fingerprint density at radius 3 is 1.89 bits per heavy atom. The quantitative estimate of drug-likeness (QED) is 0.448. The minimum absolute atomic E-state index is 0.528. The molecule has 2 aromatic rings. The molecule has 0 saturated carbocycles. The van der Waals surface area contributed by atoms with E-state index in [1.165, 1.54) is 5.56 Å². The van der Waals surface area contributed by atoms with Gasteiger partial charge < -0.3 is 4.74 Å². The van der Waals surface area contributed by atoms with Crippen molar-refractivity contribution in [2.75, 3.05) is 0 Å². The summed E-state index contributed by atoms with van der Waals surface area (Å²) in [5, 5.41) is 0. The molecule has 0 fully saturated rings. The molecule has 1 nitrogen and oxygen atoms in total. The lowest BCUT2D eigenvalue weighted by molar-refractivity contribution is 0.305. The standard InChI is InChI=1S/C14H10Br4O/c1-8-13(17)2-9(3-14(8)18)7-19-12-5-10(15)4-11(16)6-12/h2-6H,7H2,1H3. The summed E-state index contributed by atoms with van der Waals surface area (Å²) >= 11 is 14.0. The van der Waals surface area contributed by atoms with E-state index in [-0.39, 0.29) is 0 Å². The largest absolute Gasteiger partial charge is 0.489 e. The number of halogens is 4. The molecule has 0 unspecified atom stereocenters. The summed E-state index contributed by atoms with van der Waals surface area (Å²) in [4.78, 5) is 0. The Hall–Kier alpha value is 0.160. The van der Waals surface area contributed by atoms with Gasteiger partial charge in [-0.2, -0.15) is 0 Å². The fourth-order valence-corrected chi connectivity index (χ4v) is 4.09. The molecule has 0 aliphatic heterocycles. The second-order valence-electron chi connectivity index (χ2n) is 4.08. The first-order valence-corrected chi connectivity index (χ1v) is 8.66. The van der Waals surface area contributed by atoms with Crippen LogP contribution in [0.15, 0.2) is 48.2 Å². The van der Waals surface area contributed by atoms with Crippen LogP contribution in [-0.4, -0.2) is 0 Å². The fraction of sp³-hybridized carbons (Fsp3) is 0.143. The number of ether oxygens (including phenoxy) is 1. The van der Waals surface area contributed by atoms with Crippen molar-refractivity contribution >= 4 is 63.7 Å². The maximum absolute atomic E-state index is 5.80. The van der Waals surface area contributed by atoms with Crippen LogP contribution in [0.5, 0.6) is 5.75 Å². The first-order valence-electron chi connectivity index (χ1n) is 5.49. The second-order valence-corrected chi connectivity index (χ2v) is 7.62. The average Bonchev–Trinajstić information content (AvgIpc) is 2.32. The summed E-state index contributed by atoms with van der Waals surface area (Å²) in [7, 11) is 0. The van der Waals surface area contributed by atoms with Crippen LogP contribution in [0.4, 0.5) is 0 Å². The highest BCUT2D eigenvalue weighted by atomic mass is 79.9. The second kappa shape index (κ2) is 6.74. The van der Waals surface area contributed by atoms with E-state index in [4.69, 9.17) is 4.74 Å². The van der Waals surface area contributed by atoms with E-state index in [2.05, 4.69) is 82.8 Å².